The maximum Gasteiger partial charge on any atom is 0.281 e. The molecule has 5 aromatic rings. The molecule has 1 saturated heterocycles. The third-order valence-electron chi connectivity index (χ3n) is 9.33. The zero-order valence-corrected chi connectivity index (χ0v) is 27.4. The van der Waals surface area contributed by atoms with Crippen LogP contribution in [0.15, 0.2) is 54.2 Å². The van der Waals surface area contributed by atoms with E-state index in [4.69, 9.17) is 11.6 Å². The third kappa shape index (κ3) is 4.47. The first-order chi connectivity index (χ1) is 22.4. The number of hydrogen-bond donors (Lipinski definition) is 2. The maximum absolute atomic E-state index is 17.7. The van der Waals surface area contributed by atoms with E-state index in [1.165, 1.54) is 10.6 Å². The summed E-state index contributed by atoms with van der Waals surface area (Å²) in [5.41, 5.74) is 4.14. The standard InChI is InChI=1S/C35H33ClFN7O3/c1-7-24(45)42-14-23-34(46)41-30-33(43(23)13-19(42)6)20-12-21(36)26(25-17(4)8-9-22-29(25)40-15-39-22)27(37)32(20)44(35(30)47)31-18(5)10-11-38-28(31)16(2)3/h7-12,15-16,19,23H,1,13-14H2,2-6H3,(H,39,40)(H,41,46). The molecule has 0 aliphatic carbocycles. The number of benzene rings is 2. The van der Waals surface area contributed by atoms with E-state index in [1.54, 1.807) is 34.5 Å². The molecule has 1 fully saturated rings. The van der Waals surface area contributed by atoms with Crippen LogP contribution in [0.1, 0.15) is 43.5 Å². The van der Waals surface area contributed by atoms with E-state index in [9.17, 15) is 14.4 Å². The molecule has 2 aliphatic heterocycles. The Bertz CT molecular complexity index is 2240. The smallest absolute Gasteiger partial charge is 0.281 e. The summed E-state index contributed by atoms with van der Waals surface area (Å²) in [6, 6.07) is 6.01. The summed E-state index contributed by atoms with van der Waals surface area (Å²) < 4.78 is 19.0. The van der Waals surface area contributed by atoms with Crippen LogP contribution in [0.25, 0.3) is 38.8 Å². The van der Waals surface area contributed by atoms with Gasteiger partial charge in [-0.25, -0.2) is 9.37 Å². The number of hydrogen-bond acceptors (Lipinski definition) is 6. The van der Waals surface area contributed by atoms with Crippen molar-refractivity contribution in [1.82, 2.24) is 24.4 Å². The van der Waals surface area contributed by atoms with Crippen LogP contribution < -0.4 is 15.8 Å². The molecule has 2 aromatic carbocycles. The van der Waals surface area contributed by atoms with Gasteiger partial charge >= 0.3 is 0 Å². The number of H-pyrrole nitrogens is 1. The average molecular weight is 654 g/mol. The molecule has 0 spiro atoms. The zero-order valence-electron chi connectivity index (χ0n) is 26.6. The summed E-state index contributed by atoms with van der Waals surface area (Å²) in [6.07, 6.45) is 4.43. The van der Waals surface area contributed by atoms with Gasteiger partial charge in [-0.3, -0.25) is 23.9 Å². The van der Waals surface area contributed by atoms with Crippen molar-refractivity contribution in [2.24, 2.45) is 0 Å². The number of anilines is 2. The number of imidazole rings is 1. The predicted octanol–water partition coefficient (Wildman–Crippen LogP) is 6.01. The maximum atomic E-state index is 17.7. The molecule has 0 saturated carbocycles. The van der Waals surface area contributed by atoms with Gasteiger partial charge in [-0.1, -0.05) is 38.1 Å². The number of piperazine rings is 1. The third-order valence-corrected chi connectivity index (χ3v) is 9.63. The Morgan fingerprint density at radius 3 is 2.60 bits per heavy atom. The Hall–Kier alpha value is -5.03. The molecule has 2 amide bonds. The van der Waals surface area contributed by atoms with Crippen molar-refractivity contribution in [2.75, 3.05) is 23.3 Å². The first-order valence-corrected chi connectivity index (χ1v) is 15.8. The van der Waals surface area contributed by atoms with Gasteiger partial charge in [0, 0.05) is 35.3 Å². The Morgan fingerprint density at radius 1 is 1.11 bits per heavy atom. The summed E-state index contributed by atoms with van der Waals surface area (Å²) in [6.45, 7) is 13.4. The molecule has 0 bridgehead atoms. The molecule has 12 heteroatoms. The minimum atomic E-state index is -0.825. The fraction of sp³-hybridized carbons (Fsp3) is 0.286. The van der Waals surface area contributed by atoms with Gasteiger partial charge in [0.05, 0.1) is 51.5 Å². The second kappa shape index (κ2) is 11.0. The number of fused-ring (bicyclic) bond motifs is 6. The van der Waals surface area contributed by atoms with Gasteiger partial charge in [-0.2, -0.15) is 0 Å². The summed E-state index contributed by atoms with van der Waals surface area (Å²) in [5, 5.41) is 3.29. The van der Waals surface area contributed by atoms with Crippen molar-refractivity contribution in [2.45, 2.75) is 52.6 Å². The Kier molecular flexibility index (Phi) is 7.20. The van der Waals surface area contributed by atoms with Gasteiger partial charge in [0.1, 0.15) is 11.7 Å². The summed E-state index contributed by atoms with van der Waals surface area (Å²) in [4.78, 5) is 56.7. The normalized spacial score (nSPS) is 17.7. The van der Waals surface area contributed by atoms with Gasteiger partial charge < -0.3 is 20.1 Å². The molecule has 2 aliphatic rings. The number of nitrogens with zero attached hydrogens (tertiary/aromatic N) is 5. The van der Waals surface area contributed by atoms with Gasteiger partial charge in [-0.15, -0.1) is 0 Å². The Morgan fingerprint density at radius 2 is 1.87 bits per heavy atom. The number of amides is 2. The van der Waals surface area contributed by atoms with Crippen molar-refractivity contribution in [3.63, 3.8) is 0 Å². The van der Waals surface area contributed by atoms with Crippen molar-refractivity contribution >= 4 is 56.7 Å². The zero-order chi connectivity index (χ0) is 33.5. The Balaban J connectivity index is 1.63. The van der Waals surface area contributed by atoms with E-state index in [0.29, 0.717) is 44.6 Å². The minimum Gasteiger partial charge on any atom is -0.354 e. The van der Waals surface area contributed by atoms with Crippen LogP contribution in [0.2, 0.25) is 5.02 Å². The van der Waals surface area contributed by atoms with E-state index < -0.39 is 23.3 Å². The molecule has 2 atom stereocenters. The van der Waals surface area contributed by atoms with Crippen LogP contribution in [-0.2, 0) is 9.59 Å². The van der Waals surface area contributed by atoms with Crippen molar-refractivity contribution in [3.05, 3.63) is 87.5 Å². The summed E-state index contributed by atoms with van der Waals surface area (Å²) in [5.74, 6) is -1.56. The molecule has 240 valence electrons. The van der Waals surface area contributed by atoms with Crippen LogP contribution in [0, 0.1) is 19.7 Å². The molecule has 2 unspecified atom stereocenters. The number of carbonyl (C=O) groups excluding carboxylic acids is 2. The molecule has 5 heterocycles. The average Bonchev–Trinajstić information content (AvgIpc) is 3.51. The highest BCUT2D eigenvalue weighted by Gasteiger charge is 2.44. The molecule has 10 nitrogen and oxygen atoms in total. The van der Waals surface area contributed by atoms with E-state index in [-0.39, 0.29) is 52.7 Å². The number of pyridine rings is 2. The number of rotatable bonds is 4. The first-order valence-electron chi connectivity index (χ1n) is 15.4. The van der Waals surface area contributed by atoms with Crippen LogP contribution >= 0.6 is 11.6 Å². The number of carbonyl (C=O) groups is 2. The lowest BCUT2D eigenvalue weighted by Gasteiger charge is -2.48. The van der Waals surface area contributed by atoms with E-state index in [2.05, 4.69) is 26.8 Å². The molecular weight excluding hydrogens is 621 g/mol. The lowest BCUT2D eigenvalue weighted by Crippen LogP contribution is -2.64. The quantitative estimate of drug-likeness (QED) is 0.230. The number of nitrogens with one attached hydrogen (secondary N) is 2. The number of halogens is 2. The highest BCUT2D eigenvalue weighted by molar-refractivity contribution is 6.35. The van der Waals surface area contributed by atoms with E-state index in [1.807, 2.05) is 46.8 Å². The Labute approximate surface area is 274 Å². The van der Waals surface area contributed by atoms with E-state index in [0.717, 1.165) is 5.56 Å². The van der Waals surface area contributed by atoms with Crippen LogP contribution in [0.4, 0.5) is 15.8 Å². The molecule has 7 rings (SSSR count). The fourth-order valence-corrected chi connectivity index (χ4v) is 7.38. The SMILES string of the molecule is C=CC(=O)N1CC2C(=O)Nc3c(c4cc(Cl)c(-c5c(C)ccc6[nH]cnc56)c(F)c4n(-c4c(C)ccnc4C(C)C)c3=O)N2CC1C. The second-order valence-electron chi connectivity index (χ2n) is 12.6. The van der Waals surface area contributed by atoms with Gasteiger partial charge in [-0.05, 0) is 62.1 Å². The lowest BCUT2D eigenvalue weighted by molar-refractivity contribution is -0.130. The fourth-order valence-electron chi connectivity index (χ4n) is 7.10. The largest absolute Gasteiger partial charge is 0.354 e. The van der Waals surface area contributed by atoms with Crippen LogP contribution in [0.5, 0.6) is 0 Å². The summed E-state index contributed by atoms with van der Waals surface area (Å²) >= 11 is 7.04. The minimum absolute atomic E-state index is 0.00485. The molecule has 0 radical (unpaired) electrons. The number of aromatic nitrogens is 4. The molecule has 2 N–H and O–H groups in total. The van der Waals surface area contributed by atoms with Gasteiger partial charge in [0.2, 0.25) is 11.8 Å². The second-order valence-corrected chi connectivity index (χ2v) is 13.0. The first kappa shape index (κ1) is 30.6. The molecule has 3 aromatic heterocycles. The van der Waals surface area contributed by atoms with Crippen molar-refractivity contribution in [1.29, 1.82) is 0 Å². The van der Waals surface area contributed by atoms with Crippen LogP contribution in [0.3, 0.4) is 0 Å². The predicted molar refractivity (Wildman–Crippen MR) is 182 cm³/mol. The van der Waals surface area contributed by atoms with E-state index >= 15 is 4.39 Å². The van der Waals surface area contributed by atoms with Crippen molar-refractivity contribution < 1.29 is 14.0 Å². The topological polar surface area (TPSA) is 116 Å². The molecule has 47 heavy (non-hydrogen) atoms. The van der Waals surface area contributed by atoms with Crippen LogP contribution in [-0.4, -0.2) is 61.4 Å². The van der Waals surface area contributed by atoms with Crippen molar-refractivity contribution in [3.8, 4) is 16.8 Å². The number of aryl methyl sites for hydroxylation is 2. The highest BCUT2D eigenvalue weighted by atomic mass is 35.5. The summed E-state index contributed by atoms with van der Waals surface area (Å²) in [7, 11) is 0. The molecular formula is C35H33ClFN7O3. The monoisotopic (exact) mass is 653 g/mol. The number of aromatic amines is 1. The van der Waals surface area contributed by atoms with Gasteiger partial charge in [0.25, 0.3) is 5.56 Å². The highest BCUT2D eigenvalue weighted by Crippen LogP contribution is 2.46. The van der Waals surface area contributed by atoms with Gasteiger partial charge in [0.15, 0.2) is 5.82 Å². The lowest BCUT2D eigenvalue weighted by atomic mass is 9.94.